The maximum Gasteiger partial charge on any atom is 0.164 e. The van der Waals surface area contributed by atoms with Crippen molar-refractivity contribution in [3.63, 3.8) is 0 Å². The number of likely N-dealkylation sites (N-methyl/N-ethyl adjacent to an activating group) is 1. The van der Waals surface area contributed by atoms with Crippen LogP contribution < -0.4 is 11.1 Å². The van der Waals surface area contributed by atoms with Gasteiger partial charge in [0.15, 0.2) is 5.65 Å². The first-order chi connectivity index (χ1) is 18.2. The quantitative estimate of drug-likeness (QED) is 0.409. The number of hydrogen-bond donors (Lipinski definition) is 2. The minimum absolute atomic E-state index is 0.334. The summed E-state index contributed by atoms with van der Waals surface area (Å²) in [7, 11) is 2.22. The summed E-state index contributed by atoms with van der Waals surface area (Å²) < 4.78 is 2.13. The zero-order valence-electron chi connectivity index (χ0n) is 21.6. The standard InChI is InChI=1S/C29H36N8/c1-35-15-17-36(18-16-35)24-11-13-25(14-12-24)37-29-26(28(30)32-20-33-29)27(34-37)22-7-9-23(10-8-22)31-19-21-5-3-2-4-6-21/h2-10,20,24-25,31H,11-19H2,1H3,(H2,30,32,33)/t24-,25-. The van der Waals surface area contributed by atoms with E-state index in [1.165, 1.54) is 44.6 Å². The Labute approximate surface area is 218 Å². The highest BCUT2D eigenvalue weighted by Crippen LogP contribution is 2.37. The van der Waals surface area contributed by atoms with Crippen molar-refractivity contribution in [3.05, 3.63) is 66.5 Å². The number of aromatic nitrogens is 4. The molecule has 192 valence electrons. The lowest BCUT2D eigenvalue weighted by molar-refractivity contribution is 0.0815. The predicted molar refractivity (Wildman–Crippen MR) is 149 cm³/mol. The molecule has 3 heterocycles. The van der Waals surface area contributed by atoms with Gasteiger partial charge in [-0.15, -0.1) is 0 Å². The van der Waals surface area contributed by atoms with Crippen molar-refractivity contribution in [1.29, 1.82) is 0 Å². The van der Waals surface area contributed by atoms with Crippen molar-refractivity contribution in [2.75, 3.05) is 44.3 Å². The van der Waals surface area contributed by atoms with Crippen LogP contribution in [0.15, 0.2) is 60.9 Å². The van der Waals surface area contributed by atoms with E-state index in [9.17, 15) is 0 Å². The van der Waals surface area contributed by atoms with Crippen molar-refractivity contribution < 1.29 is 0 Å². The van der Waals surface area contributed by atoms with Crippen LogP contribution in [0.2, 0.25) is 0 Å². The van der Waals surface area contributed by atoms with Crippen molar-refractivity contribution in [2.24, 2.45) is 0 Å². The summed E-state index contributed by atoms with van der Waals surface area (Å²) in [6.07, 6.45) is 6.19. The number of nitrogen functional groups attached to an aromatic ring is 1. The molecule has 0 radical (unpaired) electrons. The summed E-state index contributed by atoms with van der Waals surface area (Å²) in [6.45, 7) is 5.49. The van der Waals surface area contributed by atoms with E-state index in [0.29, 0.717) is 17.9 Å². The van der Waals surface area contributed by atoms with Crippen LogP contribution >= 0.6 is 0 Å². The first kappa shape index (κ1) is 23.9. The van der Waals surface area contributed by atoms with Crippen LogP contribution in [0, 0.1) is 0 Å². The summed E-state index contributed by atoms with van der Waals surface area (Å²) in [6, 6.07) is 19.9. The van der Waals surface area contributed by atoms with Gasteiger partial charge in [0.05, 0.1) is 11.4 Å². The third kappa shape index (κ3) is 5.04. The van der Waals surface area contributed by atoms with E-state index >= 15 is 0 Å². The number of hydrogen-bond acceptors (Lipinski definition) is 7. The van der Waals surface area contributed by atoms with Gasteiger partial charge < -0.3 is 16.0 Å². The molecule has 2 aromatic heterocycles. The molecule has 6 rings (SSSR count). The highest BCUT2D eigenvalue weighted by atomic mass is 15.3. The van der Waals surface area contributed by atoms with Crippen LogP contribution in [-0.4, -0.2) is 68.8 Å². The van der Waals surface area contributed by atoms with Gasteiger partial charge >= 0.3 is 0 Å². The summed E-state index contributed by atoms with van der Waals surface area (Å²) in [5, 5.41) is 9.46. The third-order valence-electron chi connectivity index (χ3n) is 8.08. The van der Waals surface area contributed by atoms with Gasteiger partial charge in [-0.05, 0) is 50.4 Å². The molecule has 0 bridgehead atoms. The molecule has 0 amide bonds. The van der Waals surface area contributed by atoms with Crippen molar-refractivity contribution in [3.8, 4) is 11.3 Å². The zero-order valence-corrected chi connectivity index (χ0v) is 21.6. The molecular weight excluding hydrogens is 460 g/mol. The Kier molecular flexibility index (Phi) is 6.76. The maximum absolute atomic E-state index is 6.38. The summed E-state index contributed by atoms with van der Waals surface area (Å²) in [5.41, 5.74) is 11.4. The summed E-state index contributed by atoms with van der Waals surface area (Å²) in [5.74, 6) is 0.489. The Morgan fingerprint density at radius 3 is 2.30 bits per heavy atom. The molecule has 1 aliphatic carbocycles. The van der Waals surface area contributed by atoms with E-state index in [0.717, 1.165) is 47.4 Å². The van der Waals surface area contributed by atoms with Gasteiger partial charge in [0.1, 0.15) is 17.8 Å². The van der Waals surface area contributed by atoms with Crippen LogP contribution in [0.5, 0.6) is 0 Å². The molecule has 1 aliphatic heterocycles. The monoisotopic (exact) mass is 496 g/mol. The van der Waals surface area contributed by atoms with Gasteiger partial charge in [-0.3, -0.25) is 4.90 Å². The SMILES string of the molecule is CN1CCN([C@H]2CC[C@H](n3nc(-c4ccc(NCc5ccccc5)cc4)c4c(N)ncnc43)CC2)CC1. The Morgan fingerprint density at radius 2 is 1.57 bits per heavy atom. The second-order valence-electron chi connectivity index (χ2n) is 10.5. The number of benzene rings is 2. The number of anilines is 2. The lowest BCUT2D eigenvalue weighted by Crippen LogP contribution is -2.49. The van der Waals surface area contributed by atoms with Crippen molar-refractivity contribution in [1.82, 2.24) is 29.5 Å². The number of nitrogens with one attached hydrogen (secondary N) is 1. The van der Waals surface area contributed by atoms with Gasteiger partial charge in [0, 0.05) is 50.0 Å². The average molecular weight is 497 g/mol. The highest BCUT2D eigenvalue weighted by molar-refractivity contribution is 5.98. The van der Waals surface area contributed by atoms with Gasteiger partial charge in [-0.2, -0.15) is 5.10 Å². The smallest absolute Gasteiger partial charge is 0.164 e. The second-order valence-corrected chi connectivity index (χ2v) is 10.5. The highest BCUT2D eigenvalue weighted by Gasteiger charge is 2.30. The topological polar surface area (TPSA) is 88.1 Å². The number of fused-ring (bicyclic) bond motifs is 1. The molecule has 0 spiro atoms. The first-order valence-corrected chi connectivity index (χ1v) is 13.5. The Balaban J connectivity index is 1.20. The van der Waals surface area contributed by atoms with Crippen LogP contribution in [0.3, 0.4) is 0 Å². The minimum atomic E-state index is 0.334. The molecule has 8 heteroatoms. The molecule has 37 heavy (non-hydrogen) atoms. The number of nitrogens with zero attached hydrogens (tertiary/aromatic N) is 6. The number of nitrogens with two attached hydrogens (primary N) is 1. The summed E-state index contributed by atoms with van der Waals surface area (Å²) >= 11 is 0. The molecule has 0 unspecified atom stereocenters. The lowest BCUT2D eigenvalue weighted by Gasteiger charge is -2.41. The Morgan fingerprint density at radius 1 is 0.865 bits per heavy atom. The maximum atomic E-state index is 6.38. The van der Waals surface area contributed by atoms with E-state index in [1.54, 1.807) is 6.33 Å². The molecular formula is C29H36N8. The normalized spacial score (nSPS) is 21.3. The van der Waals surface area contributed by atoms with Gasteiger partial charge in [-0.1, -0.05) is 42.5 Å². The molecule has 2 fully saturated rings. The Bertz CT molecular complexity index is 1320. The van der Waals surface area contributed by atoms with Crippen LogP contribution in [-0.2, 0) is 6.54 Å². The van der Waals surface area contributed by atoms with E-state index < -0.39 is 0 Å². The lowest BCUT2D eigenvalue weighted by atomic mass is 9.90. The fourth-order valence-electron chi connectivity index (χ4n) is 5.85. The third-order valence-corrected chi connectivity index (χ3v) is 8.08. The first-order valence-electron chi connectivity index (χ1n) is 13.5. The largest absolute Gasteiger partial charge is 0.383 e. The zero-order chi connectivity index (χ0) is 25.2. The van der Waals surface area contributed by atoms with Crippen molar-refractivity contribution >= 4 is 22.5 Å². The van der Waals surface area contributed by atoms with E-state index in [4.69, 9.17) is 10.8 Å². The van der Waals surface area contributed by atoms with Crippen LogP contribution in [0.1, 0.15) is 37.3 Å². The van der Waals surface area contributed by atoms with E-state index in [2.05, 4.69) is 85.3 Å². The molecule has 8 nitrogen and oxygen atoms in total. The molecule has 3 N–H and O–H groups in total. The molecule has 1 saturated heterocycles. The Hall–Kier alpha value is -3.49. The fraction of sp³-hybridized carbons (Fsp3) is 0.414. The average Bonchev–Trinajstić information content (AvgIpc) is 3.34. The minimum Gasteiger partial charge on any atom is -0.383 e. The molecule has 1 saturated carbocycles. The van der Waals surface area contributed by atoms with Gasteiger partial charge in [-0.25, -0.2) is 14.6 Å². The van der Waals surface area contributed by atoms with Crippen molar-refractivity contribution in [2.45, 2.75) is 44.3 Å². The van der Waals surface area contributed by atoms with Gasteiger partial charge in [0.25, 0.3) is 0 Å². The summed E-state index contributed by atoms with van der Waals surface area (Å²) in [4.78, 5) is 14.1. The van der Waals surface area contributed by atoms with E-state index in [-0.39, 0.29) is 0 Å². The second kappa shape index (κ2) is 10.5. The van der Waals surface area contributed by atoms with Crippen LogP contribution in [0.4, 0.5) is 11.5 Å². The molecule has 2 aromatic carbocycles. The molecule has 2 aliphatic rings. The van der Waals surface area contributed by atoms with Gasteiger partial charge in [0.2, 0.25) is 0 Å². The number of piperazine rings is 1. The van der Waals surface area contributed by atoms with E-state index in [1.807, 2.05) is 6.07 Å². The molecule has 4 aromatic rings. The predicted octanol–water partition coefficient (Wildman–Crippen LogP) is 4.42. The fourth-order valence-corrected chi connectivity index (χ4v) is 5.85. The van der Waals surface area contributed by atoms with Crippen LogP contribution in [0.25, 0.3) is 22.3 Å². The number of rotatable bonds is 6. The molecule has 0 atom stereocenters.